The molecule has 2 radical (unpaired) electrons. The second-order valence-electron chi connectivity index (χ2n) is 10.7. The Balaban J connectivity index is 0.000000719. The van der Waals surface area contributed by atoms with Gasteiger partial charge in [-0.1, -0.05) is 105 Å². The van der Waals surface area contributed by atoms with E-state index in [-0.39, 0.29) is 39.7 Å². The van der Waals surface area contributed by atoms with Gasteiger partial charge in [0.25, 0.3) is 0 Å². The van der Waals surface area contributed by atoms with Gasteiger partial charge in [0.2, 0.25) is 0 Å². The molecule has 6 aromatic rings. The zero-order chi connectivity index (χ0) is 28.1. The van der Waals surface area contributed by atoms with Gasteiger partial charge < -0.3 is 14.9 Å². The Morgan fingerprint density at radius 2 is 1.26 bits per heavy atom. The molecule has 226 valence electrons. The summed E-state index contributed by atoms with van der Waals surface area (Å²) in [7, 11) is 0. The number of aryl methyl sites for hydroxylation is 4. The zero-order valence-corrected chi connectivity index (χ0v) is 31.8. The van der Waals surface area contributed by atoms with Gasteiger partial charge in [0.15, 0.2) is 0 Å². The molecule has 0 atom stereocenters. The molecule has 0 aromatic heterocycles. The molecule has 0 saturated heterocycles. The van der Waals surface area contributed by atoms with Crippen molar-refractivity contribution in [2.45, 2.75) is 47.5 Å². The van der Waals surface area contributed by atoms with Crippen LogP contribution >= 0.6 is 24.8 Å². The maximum atomic E-state index is 3.06. The van der Waals surface area contributed by atoms with Crippen LogP contribution in [0, 0.1) is 42.5 Å². The third-order valence-corrected chi connectivity index (χ3v) is 7.45. The molecule has 0 nitrogen and oxygen atoms in total. The van der Waals surface area contributed by atoms with Gasteiger partial charge in [-0.15, -0.1) is 93.4 Å². The van der Waals surface area contributed by atoms with Gasteiger partial charge in [0.05, 0.1) is 0 Å². The molecule has 0 saturated carbocycles. The summed E-state index contributed by atoms with van der Waals surface area (Å²) in [6.45, 7) is 16.3. The molecule has 0 N–H and O–H groups in total. The Morgan fingerprint density at radius 3 is 1.88 bits per heavy atom. The van der Waals surface area contributed by atoms with Crippen LogP contribution in [0.1, 0.15) is 47.6 Å². The fourth-order valence-electron chi connectivity index (χ4n) is 5.40. The zero-order valence-electron chi connectivity index (χ0n) is 26.7. The van der Waals surface area contributed by atoms with E-state index in [2.05, 4.69) is 152 Å². The fourth-order valence-corrected chi connectivity index (χ4v) is 5.40. The van der Waals surface area contributed by atoms with Crippen molar-refractivity contribution in [3.8, 4) is 22.3 Å². The van der Waals surface area contributed by atoms with Gasteiger partial charge in [-0.25, -0.2) is 0 Å². The van der Waals surface area contributed by atoms with Crippen LogP contribution in [-0.4, -0.2) is 6.88 Å². The maximum absolute atomic E-state index is 3.06. The molecule has 0 fully saturated rings. The van der Waals surface area contributed by atoms with Crippen molar-refractivity contribution in [2.24, 2.45) is 0 Å². The minimum absolute atomic E-state index is 0. The van der Waals surface area contributed by atoms with Crippen molar-refractivity contribution < 1.29 is 23.3 Å². The second-order valence-corrected chi connectivity index (χ2v) is 10.7. The quantitative estimate of drug-likeness (QED) is 0.127. The third kappa shape index (κ3) is 9.39. The first-order chi connectivity index (χ1) is 18.8. The van der Waals surface area contributed by atoms with E-state index in [0.29, 0.717) is 5.92 Å². The van der Waals surface area contributed by atoms with E-state index >= 15 is 0 Å². The normalized spacial score (nSPS) is 9.72. The SMILES string of the molecule is Cc1cc2c(-c3ccccc3)ccc(C)c2[cH-]1.Cc1ccc(-c2cccc3[cH-]c(C(C)C)cc23)c(C)c1.Cl.Cl.[CH3-].[CH3-].[Si]=[Zr]. The molecule has 4 heteroatoms. The van der Waals surface area contributed by atoms with Crippen LogP contribution in [0.5, 0.6) is 0 Å². The number of hydrogen-bond donors (Lipinski definition) is 0. The van der Waals surface area contributed by atoms with Crippen LogP contribution in [0.2, 0.25) is 0 Å². The topological polar surface area (TPSA) is 0 Å². The van der Waals surface area contributed by atoms with E-state index in [1.165, 1.54) is 95.0 Å². The van der Waals surface area contributed by atoms with Gasteiger partial charge >= 0.3 is 30.2 Å². The molecule has 0 unspecified atom stereocenters. The van der Waals surface area contributed by atoms with Crippen molar-refractivity contribution in [3.63, 3.8) is 0 Å². The summed E-state index contributed by atoms with van der Waals surface area (Å²) in [5, 5.41) is 5.48. The molecule has 6 rings (SSSR count). The summed E-state index contributed by atoms with van der Waals surface area (Å²) in [5.41, 5.74) is 12.1. The van der Waals surface area contributed by atoms with E-state index in [9.17, 15) is 0 Å². The number of rotatable bonds is 3. The minimum atomic E-state index is 0. The fraction of sp³-hybridized carbons (Fsp3) is 0.179. The summed E-state index contributed by atoms with van der Waals surface area (Å²) in [6, 6.07) is 37.6. The molecular weight excluding hydrogens is 659 g/mol. The molecule has 0 bridgehead atoms. The number of halogens is 2. The van der Waals surface area contributed by atoms with Crippen molar-refractivity contribution in [3.05, 3.63) is 146 Å². The molecule has 0 amide bonds. The monoisotopic (exact) mass is 700 g/mol. The Kier molecular flexibility index (Phi) is 17.6. The van der Waals surface area contributed by atoms with E-state index in [0.717, 1.165) is 0 Å². The van der Waals surface area contributed by atoms with Crippen LogP contribution < -0.4 is 0 Å². The number of hydrogen-bond acceptors (Lipinski definition) is 0. The van der Waals surface area contributed by atoms with Gasteiger partial charge in [0, 0.05) is 0 Å². The Labute approximate surface area is 290 Å². The third-order valence-electron chi connectivity index (χ3n) is 7.45. The van der Waals surface area contributed by atoms with E-state index in [1.807, 2.05) is 0 Å². The first kappa shape index (κ1) is 40.8. The Bertz CT molecular complexity index is 1710. The number of benzene rings is 4. The Morgan fingerprint density at radius 1 is 0.605 bits per heavy atom. The molecule has 0 aliphatic rings. The van der Waals surface area contributed by atoms with Crippen LogP contribution in [0.3, 0.4) is 0 Å². The molecule has 0 spiro atoms. The predicted molar refractivity (Wildman–Crippen MR) is 196 cm³/mol. The summed E-state index contributed by atoms with van der Waals surface area (Å²) in [6.07, 6.45) is 0. The van der Waals surface area contributed by atoms with Gasteiger partial charge in [-0.3, -0.25) is 0 Å². The van der Waals surface area contributed by atoms with E-state index in [1.54, 1.807) is 0 Å². The van der Waals surface area contributed by atoms with Crippen LogP contribution in [-0.2, 0) is 23.3 Å². The molecule has 0 aliphatic heterocycles. The van der Waals surface area contributed by atoms with E-state index in [4.69, 9.17) is 0 Å². The molecule has 6 aromatic carbocycles. The molecule has 0 heterocycles. The first-order valence-corrected chi connectivity index (χ1v) is 17.7. The first-order valence-electron chi connectivity index (χ1n) is 13.6. The summed E-state index contributed by atoms with van der Waals surface area (Å²) < 4.78 is 0. The van der Waals surface area contributed by atoms with Gasteiger partial charge in [-0.05, 0) is 36.5 Å². The summed E-state index contributed by atoms with van der Waals surface area (Å²) >= 11 is 1.36. The average molecular weight is 703 g/mol. The van der Waals surface area contributed by atoms with Crippen LogP contribution in [0.25, 0.3) is 43.8 Å². The number of fused-ring (bicyclic) bond motifs is 2. The van der Waals surface area contributed by atoms with Gasteiger partial charge in [0.1, 0.15) is 0 Å². The van der Waals surface area contributed by atoms with Crippen molar-refractivity contribution in [1.29, 1.82) is 0 Å². The molecular formula is C39H44Cl2SiZr-4. The second kappa shape index (κ2) is 18.6. The van der Waals surface area contributed by atoms with Crippen molar-refractivity contribution in [1.82, 2.24) is 0 Å². The molecule has 0 aliphatic carbocycles. The summed E-state index contributed by atoms with van der Waals surface area (Å²) in [4.78, 5) is 0. The van der Waals surface area contributed by atoms with Crippen molar-refractivity contribution >= 4 is 53.2 Å². The van der Waals surface area contributed by atoms with Crippen LogP contribution in [0.15, 0.2) is 103 Å². The Hall–Kier alpha value is -2.22. The van der Waals surface area contributed by atoms with E-state index < -0.39 is 0 Å². The summed E-state index contributed by atoms with van der Waals surface area (Å²) in [5.74, 6) is 0.578. The predicted octanol–water partition coefficient (Wildman–Crippen LogP) is 12.2. The standard InChI is InChI=1S/C20H21.C17H15.2CH3.2ClH.Si.Zr/c1-13(2)17-11-16-6-5-7-19(20(16)12-17)18-9-8-14(3)10-15(18)4;1-12-10-16-13(2)8-9-15(17(16)11-12)14-6-4-3-5-7-14;;;;;;/h5-13H,1-4H3;3-11H,1-2H3;2*1H3;2*1H;;/q4*-1;;;;. The van der Waals surface area contributed by atoms with Gasteiger partial charge in [-0.2, -0.15) is 12.1 Å². The molecule has 43 heavy (non-hydrogen) atoms. The van der Waals surface area contributed by atoms with Crippen molar-refractivity contribution in [2.75, 3.05) is 0 Å². The van der Waals surface area contributed by atoms with Crippen LogP contribution in [0.4, 0.5) is 0 Å². The average Bonchev–Trinajstić information content (AvgIpc) is 3.55.